The Hall–Kier alpha value is -1.27. The lowest BCUT2D eigenvalue weighted by molar-refractivity contribution is 0.0953. The van der Waals surface area contributed by atoms with Gasteiger partial charge in [-0.05, 0) is 37.0 Å². The second-order valence-electron chi connectivity index (χ2n) is 3.83. The third-order valence-electron chi connectivity index (χ3n) is 2.46. The maximum Gasteiger partial charge on any atom is 0.251 e. The maximum atomic E-state index is 11.9. The molecule has 18 heavy (non-hydrogen) atoms. The molecule has 0 saturated heterocycles. The highest BCUT2D eigenvalue weighted by Crippen LogP contribution is 2.10. The minimum Gasteiger partial charge on any atom is -0.352 e. The van der Waals surface area contributed by atoms with Crippen LogP contribution in [0.3, 0.4) is 0 Å². The van der Waals surface area contributed by atoms with E-state index in [4.69, 9.17) is 5.84 Å². The van der Waals surface area contributed by atoms with Gasteiger partial charge in [0.25, 0.3) is 5.91 Å². The molecule has 0 fully saturated rings. The van der Waals surface area contributed by atoms with Gasteiger partial charge in [0.1, 0.15) is 5.82 Å². The molecule has 0 aliphatic carbocycles. The van der Waals surface area contributed by atoms with Crippen LogP contribution in [0, 0.1) is 0 Å². The predicted molar refractivity (Wildman–Crippen MR) is 76.8 cm³/mol. The van der Waals surface area contributed by atoms with E-state index in [2.05, 4.69) is 22.0 Å². The molecule has 6 heteroatoms. The molecular weight excluding hydrogens is 248 g/mol. The van der Waals surface area contributed by atoms with Crippen molar-refractivity contribution < 1.29 is 4.79 Å². The van der Waals surface area contributed by atoms with E-state index in [9.17, 15) is 4.79 Å². The molecule has 0 aliphatic rings. The Labute approximate surface area is 112 Å². The zero-order chi connectivity index (χ0) is 13.4. The SMILES string of the molecule is CCc1cc(C(=O)NCCCSC)cc(NN)n1. The van der Waals surface area contributed by atoms with Crippen molar-refractivity contribution in [1.29, 1.82) is 0 Å². The fraction of sp³-hybridized carbons (Fsp3) is 0.500. The summed E-state index contributed by atoms with van der Waals surface area (Å²) in [5.74, 6) is 6.82. The monoisotopic (exact) mass is 268 g/mol. The van der Waals surface area contributed by atoms with Crippen LogP contribution < -0.4 is 16.6 Å². The van der Waals surface area contributed by atoms with Gasteiger partial charge in [0.15, 0.2) is 0 Å². The lowest BCUT2D eigenvalue weighted by Crippen LogP contribution is -2.25. The molecule has 1 aromatic rings. The fourth-order valence-electron chi connectivity index (χ4n) is 1.49. The van der Waals surface area contributed by atoms with Gasteiger partial charge in [-0.25, -0.2) is 10.8 Å². The normalized spacial score (nSPS) is 10.2. The number of carbonyl (C=O) groups excluding carboxylic acids is 1. The van der Waals surface area contributed by atoms with E-state index in [1.807, 2.05) is 6.92 Å². The van der Waals surface area contributed by atoms with E-state index in [0.717, 1.165) is 24.3 Å². The van der Waals surface area contributed by atoms with Crippen LogP contribution in [-0.2, 0) is 6.42 Å². The van der Waals surface area contributed by atoms with Gasteiger partial charge in [-0.15, -0.1) is 0 Å². The van der Waals surface area contributed by atoms with E-state index in [0.29, 0.717) is 17.9 Å². The smallest absolute Gasteiger partial charge is 0.251 e. The van der Waals surface area contributed by atoms with Crippen molar-refractivity contribution in [3.05, 3.63) is 23.4 Å². The van der Waals surface area contributed by atoms with Gasteiger partial charge in [0.2, 0.25) is 0 Å². The summed E-state index contributed by atoms with van der Waals surface area (Å²) in [5, 5.41) is 2.89. The fourth-order valence-corrected chi connectivity index (χ4v) is 1.93. The number of nitrogens with zero attached hydrogens (tertiary/aromatic N) is 1. The molecule has 0 aromatic carbocycles. The van der Waals surface area contributed by atoms with Crippen LogP contribution in [0.5, 0.6) is 0 Å². The van der Waals surface area contributed by atoms with Crippen molar-refractivity contribution in [2.75, 3.05) is 24.0 Å². The summed E-state index contributed by atoms with van der Waals surface area (Å²) in [4.78, 5) is 16.2. The van der Waals surface area contributed by atoms with Gasteiger partial charge < -0.3 is 10.7 Å². The molecule has 0 bridgehead atoms. The summed E-state index contributed by atoms with van der Waals surface area (Å²) in [6.07, 6.45) is 3.79. The zero-order valence-corrected chi connectivity index (χ0v) is 11.6. The van der Waals surface area contributed by atoms with Gasteiger partial charge in [0, 0.05) is 17.8 Å². The topological polar surface area (TPSA) is 80.0 Å². The summed E-state index contributed by atoms with van der Waals surface area (Å²) in [6.45, 7) is 2.68. The number of pyridine rings is 1. The summed E-state index contributed by atoms with van der Waals surface area (Å²) in [5.41, 5.74) is 3.92. The summed E-state index contributed by atoms with van der Waals surface area (Å²) in [7, 11) is 0. The van der Waals surface area contributed by atoms with E-state index < -0.39 is 0 Å². The average Bonchev–Trinajstić information content (AvgIpc) is 2.42. The number of nitrogens with two attached hydrogens (primary N) is 1. The van der Waals surface area contributed by atoms with Gasteiger partial charge in [-0.1, -0.05) is 6.92 Å². The molecular formula is C12H20N4OS. The van der Waals surface area contributed by atoms with Crippen LogP contribution in [0.15, 0.2) is 12.1 Å². The van der Waals surface area contributed by atoms with E-state index in [-0.39, 0.29) is 5.91 Å². The first-order valence-electron chi connectivity index (χ1n) is 5.96. The molecule has 0 spiro atoms. The molecule has 0 atom stereocenters. The third kappa shape index (κ3) is 4.54. The Morgan fingerprint density at radius 2 is 2.28 bits per heavy atom. The van der Waals surface area contributed by atoms with Gasteiger partial charge in [-0.3, -0.25) is 4.79 Å². The number of rotatable bonds is 7. The van der Waals surface area contributed by atoms with Crippen LogP contribution in [0.25, 0.3) is 0 Å². The number of anilines is 1. The van der Waals surface area contributed by atoms with Crippen molar-refractivity contribution >= 4 is 23.5 Å². The number of nitrogens with one attached hydrogen (secondary N) is 2. The molecule has 0 aliphatic heterocycles. The molecule has 1 rings (SSSR count). The Morgan fingerprint density at radius 3 is 2.89 bits per heavy atom. The van der Waals surface area contributed by atoms with Crippen LogP contribution >= 0.6 is 11.8 Å². The van der Waals surface area contributed by atoms with Crippen LogP contribution in [0.1, 0.15) is 29.4 Å². The first kappa shape index (κ1) is 14.8. The maximum absolute atomic E-state index is 11.9. The highest BCUT2D eigenvalue weighted by molar-refractivity contribution is 7.98. The van der Waals surface area contributed by atoms with Crippen molar-refractivity contribution in [3.8, 4) is 0 Å². The summed E-state index contributed by atoms with van der Waals surface area (Å²) >= 11 is 1.77. The minimum atomic E-state index is -0.0790. The Morgan fingerprint density at radius 1 is 1.50 bits per heavy atom. The first-order valence-corrected chi connectivity index (χ1v) is 7.35. The van der Waals surface area contributed by atoms with Crippen LogP contribution in [0.2, 0.25) is 0 Å². The number of hydrogen-bond acceptors (Lipinski definition) is 5. The second kappa shape index (κ2) is 7.94. The molecule has 100 valence electrons. The zero-order valence-electron chi connectivity index (χ0n) is 10.8. The summed E-state index contributed by atoms with van der Waals surface area (Å²) in [6, 6.07) is 3.45. The number of aryl methyl sites for hydroxylation is 1. The molecule has 0 saturated carbocycles. The van der Waals surface area contributed by atoms with E-state index >= 15 is 0 Å². The van der Waals surface area contributed by atoms with Crippen molar-refractivity contribution in [3.63, 3.8) is 0 Å². The standard InChI is InChI=1S/C12H20N4OS/c1-3-10-7-9(8-11(15-10)16-13)12(17)14-5-4-6-18-2/h7-8H,3-6,13H2,1-2H3,(H,14,17)(H,15,16). The second-order valence-corrected chi connectivity index (χ2v) is 4.82. The minimum absolute atomic E-state index is 0.0790. The van der Waals surface area contributed by atoms with Crippen LogP contribution in [-0.4, -0.2) is 29.4 Å². The highest BCUT2D eigenvalue weighted by Gasteiger charge is 2.08. The quantitative estimate of drug-likeness (QED) is 0.396. The molecule has 1 heterocycles. The number of amides is 1. The molecule has 1 aromatic heterocycles. The highest BCUT2D eigenvalue weighted by atomic mass is 32.2. The largest absolute Gasteiger partial charge is 0.352 e. The molecule has 4 N–H and O–H groups in total. The lowest BCUT2D eigenvalue weighted by Gasteiger charge is -2.08. The molecule has 0 unspecified atom stereocenters. The first-order chi connectivity index (χ1) is 8.71. The van der Waals surface area contributed by atoms with Crippen molar-refractivity contribution in [1.82, 2.24) is 10.3 Å². The van der Waals surface area contributed by atoms with Crippen molar-refractivity contribution in [2.24, 2.45) is 5.84 Å². The Bertz CT molecular complexity index is 375. The Kier molecular flexibility index (Phi) is 6.53. The number of hydrazine groups is 1. The molecule has 1 amide bonds. The number of carbonyl (C=O) groups is 1. The lowest BCUT2D eigenvalue weighted by atomic mass is 10.2. The van der Waals surface area contributed by atoms with Crippen LogP contribution in [0.4, 0.5) is 5.82 Å². The third-order valence-corrected chi connectivity index (χ3v) is 3.16. The van der Waals surface area contributed by atoms with Gasteiger partial charge in [-0.2, -0.15) is 11.8 Å². The molecule has 5 nitrogen and oxygen atoms in total. The molecule has 0 radical (unpaired) electrons. The van der Waals surface area contributed by atoms with Crippen molar-refractivity contribution in [2.45, 2.75) is 19.8 Å². The van der Waals surface area contributed by atoms with Gasteiger partial charge >= 0.3 is 0 Å². The number of aromatic nitrogens is 1. The van der Waals surface area contributed by atoms with Gasteiger partial charge in [0.05, 0.1) is 0 Å². The predicted octanol–water partition coefficient (Wildman–Crippen LogP) is 1.41. The van der Waals surface area contributed by atoms with E-state index in [1.165, 1.54) is 0 Å². The number of thioether (sulfide) groups is 1. The van der Waals surface area contributed by atoms with E-state index in [1.54, 1.807) is 23.9 Å². The number of nitrogen functional groups attached to an aromatic ring is 1. The summed E-state index contributed by atoms with van der Waals surface area (Å²) < 4.78 is 0. The number of hydrogen-bond donors (Lipinski definition) is 3. The Balaban J connectivity index is 2.66. The average molecular weight is 268 g/mol.